The quantitative estimate of drug-likeness (QED) is 0.596. The van der Waals surface area contributed by atoms with Crippen LogP contribution >= 0.6 is 11.3 Å². The van der Waals surface area contributed by atoms with Crippen molar-refractivity contribution < 1.29 is 4.79 Å². The number of aromatic nitrogens is 1. The van der Waals surface area contributed by atoms with E-state index < -0.39 is 0 Å². The fourth-order valence-corrected chi connectivity index (χ4v) is 1.40. The average Bonchev–Trinajstić information content (AvgIpc) is 2.58. The summed E-state index contributed by atoms with van der Waals surface area (Å²) < 4.78 is 0. The Balaban J connectivity index is 2.48. The highest BCUT2D eigenvalue weighted by Crippen LogP contribution is 2.08. The highest BCUT2D eigenvalue weighted by molar-refractivity contribution is 7.09. The van der Waals surface area contributed by atoms with Crippen molar-refractivity contribution in [3.05, 3.63) is 22.2 Å². The second-order valence-corrected chi connectivity index (χ2v) is 3.61. The molecule has 0 fully saturated rings. The fraction of sp³-hybridized carbons (Fsp3) is 0.200. The highest BCUT2D eigenvalue weighted by atomic mass is 32.1. The van der Waals surface area contributed by atoms with Crippen LogP contribution < -0.4 is 5.32 Å². The maximum atomic E-state index is 11.1. The second-order valence-electron chi connectivity index (χ2n) is 2.55. The van der Waals surface area contributed by atoms with Crippen LogP contribution in [0.4, 0.5) is 0 Å². The van der Waals surface area contributed by atoms with E-state index in [1.165, 1.54) is 6.08 Å². The normalized spacial score (nSPS) is 10.0. The maximum absolute atomic E-state index is 11.1. The van der Waals surface area contributed by atoms with Crippen molar-refractivity contribution in [2.75, 3.05) is 6.54 Å². The zero-order valence-electron chi connectivity index (χ0n) is 7.78. The Bertz CT molecular complexity index is 387. The van der Waals surface area contributed by atoms with Crippen molar-refractivity contribution >= 4 is 23.3 Å². The zero-order chi connectivity index (χ0) is 10.4. The summed E-state index contributed by atoms with van der Waals surface area (Å²) in [7, 11) is 0. The Morgan fingerprint density at radius 2 is 2.64 bits per heavy atom. The van der Waals surface area contributed by atoms with E-state index in [2.05, 4.69) is 16.2 Å². The molecule has 0 unspecified atom stereocenters. The summed E-state index contributed by atoms with van der Waals surface area (Å²) in [5.74, 6) is 2.12. The number of aryl methyl sites for hydroxylation is 1. The lowest BCUT2D eigenvalue weighted by atomic mass is 10.4. The summed E-state index contributed by atoms with van der Waals surface area (Å²) in [5, 5.41) is 5.39. The zero-order valence-corrected chi connectivity index (χ0v) is 8.60. The van der Waals surface area contributed by atoms with Gasteiger partial charge in [0.05, 0.1) is 17.2 Å². The monoisotopic (exact) mass is 206 g/mol. The van der Waals surface area contributed by atoms with Crippen LogP contribution in [0.3, 0.4) is 0 Å². The number of nitrogens with one attached hydrogen (secondary N) is 1. The summed E-state index contributed by atoms with van der Waals surface area (Å²) in [5.41, 5.74) is 0.795. The van der Waals surface area contributed by atoms with Crippen LogP contribution in [0.25, 0.3) is 6.08 Å². The maximum Gasteiger partial charge on any atom is 0.244 e. The molecule has 1 aromatic heterocycles. The summed E-state index contributed by atoms with van der Waals surface area (Å²) in [6.45, 7) is 2.17. The molecule has 72 valence electrons. The van der Waals surface area contributed by atoms with Crippen molar-refractivity contribution in [3.63, 3.8) is 0 Å². The first-order chi connectivity index (χ1) is 6.72. The van der Waals surface area contributed by atoms with E-state index in [-0.39, 0.29) is 12.5 Å². The van der Waals surface area contributed by atoms with Gasteiger partial charge in [-0.15, -0.1) is 17.8 Å². The molecule has 0 saturated heterocycles. The van der Waals surface area contributed by atoms with Crippen LogP contribution in [0, 0.1) is 19.3 Å². The third kappa shape index (κ3) is 3.42. The van der Waals surface area contributed by atoms with Crippen molar-refractivity contribution in [2.45, 2.75) is 6.92 Å². The first-order valence-electron chi connectivity index (χ1n) is 4.04. The largest absolute Gasteiger partial charge is 0.342 e. The van der Waals surface area contributed by atoms with E-state index in [4.69, 9.17) is 6.42 Å². The first-order valence-corrected chi connectivity index (χ1v) is 4.92. The average molecular weight is 206 g/mol. The molecule has 1 amide bonds. The molecule has 0 spiro atoms. The molecule has 4 heteroatoms. The topological polar surface area (TPSA) is 42.0 Å². The summed E-state index contributed by atoms with van der Waals surface area (Å²) in [4.78, 5) is 15.2. The molecule has 1 aromatic rings. The van der Waals surface area contributed by atoms with Gasteiger partial charge in [-0.2, -0.15) is 0 Å². The minimum atomic E-state index is -0.200. The Labute approximate surface area is 86.9 Å². The lowest BCUT2D eigenvalue weighted by molar-refractivity contribution is -0.116. The van der Waals surface area contributed by atoms with Crippen LogP contribution in [-0.4, -0.2) is 17.4 Å². The van der Waals surface area contributed by atoms with E-state index >= 15 is 0 Å². The van der Waals surface area contributed by atoms with Gasteiger partial charge >= 0.3 is 0 Å². The number of carbonyl (C=O) groups is 1. The van der Waals surface area contributed by atoms with E-state index in [9.17, 15) is 4.79 Å². The molecule has 14 heavy (non-hydrogen) atoms. The molecule has 0 aromatic carbocycles. The number of thiazole rings is 1. The molecule has 0 aliphatic rings. The highest BCUT2D eigenvalue weighted by Gasteiger charge is 1.95. The van der Waals surface area contributed by atoms with Gasteiger partial charge in [0, 0.05) is 11.5 Å². The van der Waals surface area contributed by atoms with Gasteiger partial charge < -0.3 is 5.32 Å². The van der Waals surface area contributed by atoms with Gasteiger partial charge in [0.15, 0.2) is 0 Å². The Hall–Kier alpha value is -1.60. The van der Waals surface area contributed by atoms with Crippen molar-refractivity contribution in [3.8, 4) is 12.3 Å². The number of amides is 1. The van der Waals surface area contributed by atoms with Gasteiger partial charge in [-0.1, -0.05) is 5.92 Å². The molecule has 0 aliphatic carbocycles. The number of rotatable bonds is 3. The molecule has 1 N–H and O–H groups in total. The third-order valence-electron chi connectivity index (χ3n) is 1.41. The summed E-state index contributed by atoms with van der Waals surface area (Å²) in [6, 6.07) is 0. The van der Waals surface area contributed by atoms with Gasteiger partial charge in [-0.05, 0) is 13.0 Å². The van der Waals surface area contributed by atoms with Crippen molar-refractivity contribution in [2.24, 2.45) is 0 Å². The van der Waals surface area contributed by atoms with Gasteiger partial charge in [0.1, 0.15) is 0 Å². The lowest BCUT2D eigenvalue weighted by Crippen LogP contribution is -2.20. The van der Waals surface area contributed by atoms with Crippen LogP contribution in [0.15, 0.2) is 11.5 Å². The smallest absolute Gasteiger partial charge is 0.244 e. The van der Waals surface area contributed by atoms with Crippen molar-refractivity contribution in [1.82, 2.24) is 10.3 Å². The van der Waals surface area contributed by atoms with Gasteiger partial charge in [-0.25, -0.2) is 4.98 Å². The number of hydrogen-bond donors (Lipinski definition) is 1. The Morgan fingerprint density at radius 3 is 3.21 bits per heavy atom. The molecular formula is C10H10N2OS. The Morgan fingerprint density at radius 1 is 1.86 bits per heavy atom. The number of hydrogen-bond acceptors (Lipinski definition) is 3. The molecule has 0 radical (unpaired) electrons. The predicted octanol–water partition coefficient (Wildman–Crippen LogP) is 1.21. The minimum absolute atomic E-state index is 0.200. The molecule has 0 aliphatic heterocycles. The first kappa shape index (κ1) is 10.5. The predicted molar refractivity (Wildman–Crippen MR) is 57.7 cm³/mol. The molecule has 0 atom stereocenters. The fourth-order valence-electron chi connectivity index (χ4n) is 0.815. The number of terminal acetylenes is 1. The SMILES string of the molecule is C#CCNC(=O)/C=C/c1csc(C)n1. The summed E-state index contributed by atoms with van der Waals surface area (Å²) >= 11 is 1.55. The molecule has 1 heterocycles. The van der Waals surface area contributed by atoms with Crippen LogP contribution in [0.5, 0.6) is 0 Å². The molecule has 0 bridgehead atoms. The van der Waals surface area contributed by atoms with Crippen molar-refractivity contribution in [1.29, 1.82) is 0 Å². The number of carbonyl (C=O) groups excluding carboxylic acids is 1. The second kappa shape index (κ2) is 5.20. The third-order valence-corrected chi connectivity index (χ3v) is 2.20. The standard InChI is InChI=1S/C10H10N2OS/c1-3-6-11-10(13)5-4-9-7-14-8(2)12-9/h1,4-5,7H,6H2,2H3,(H,11,13)/b5-4+. The van der Waals surface area contributed by atoms with Gasteiger partial charge in [0.25, 0.3) is 0 Å². The van der Waals surface area contributed by atoms with Gasteiger partial charge in [0.2, 0.25) is 5.91 Å². The van der Waals surface area contributed by atoms with Crippen LogP contribution in [0.1, 0.15) is 10.7 Å². The van der Waals surface area contributed by atoms with Crippen LogP contribution in [0.2, 0.25) is 0 Å². The Kier molecular flexibility index (Phi) is 3.89. The molecule has 0 saturated carbocycles. The van der Waals surface area contributed by atoms with Gasteiger partial charge in [-0.3, -0.25) is 4.79 Å². The molecule has 1 rings (SSSR count). The van der Waals surface area contributed by atoms with Crippen LogP contribution in [-0.2, 0) is 4.79 Å². The van der Waals surface area contributed by atoms with E-state index in [0.717, 1.165) is 10.7 Å². The number of nitrogens with zero attached hydrogens (tertiary/aromatic N) is 1. The molecular weight excluding hydrogens is 196 g/mol. The summed E-state index contributed by atoms with van der Waals surface area (Å²) in [6.07, 6.45) is 8.07. The van der Waals surface area contributed by atoms with E-state index in [0.29, 0.717) is 0 Å². The van der Waals surface area contributed by atoms with E-state index in [1.807, 2.05) is 12.3 Å². The lowest BCUT2D eigenvalue weighted by Gasteiger charge is -1.92. The minimum Gasteiger partial charge on any atom is -0.342 e. The van der Waals surface area contributed by atoms with E-state index in [1.54, 1.807) is 17.4 Å². The molecule has 3 nitrogen and oxygen atoms in total.